The molecule has 0 saturated carbocycles. The zero-order valence-corrected chi connectivity index (χ0v) is 41.7. The number of halogens is 3. The van der Waals surface area contributed by atoms with E-state index in [4.69, 9.17) is 19.3 Å². The molecule has 2 saturated heterocycles. The molecule has 2 aliphatic heterocycles. The highest BCUT2D eigenvalue weighted by atomic mass is 32.1. The number of urea groups is 1. The number of benzene rings is 1. The van der Waals surface area contributed by atoms with Crippen molar-refractivity contribution in [1.29, 1.82) is 0 Å². The Morgan fingerprint density at radius 2 is 1.71 bits per heavy atom. The molecule has 376 valence electrons. The van der Waals surface area contributed by atoms with E-state index in [1.807, 2.05) is 52.9 Å². The molecule has 3 aromatic heterocycles. The molecule has 3 atom stereocenters. The molecule has 2 N–H and O–H groups in total. The number of likely N-dealkylation sites (N-methyl/N-ethyl adjacent to an activating group) is 1. The lowest BCUT2D eigenvalue weighted by molar-refractivity contribution is -0.141. The number of methoxy groups -OCH3 is 2. The number of ether oxygens (including phenoxy) is 2. The molecule has 69 heavy (non-hydrogen) atoms. The van der Waals surface area contributed by atoms with E-state index in [9.17, 15) is 32.3 Å². The predicted octanol–water partition coefficient (Wildman–Crippen LogP) is 6.69. The summed E-state index contributed by atoms with van der Waals surface area (Å²) in [6, 6.07) is 6.48. The maximum absolute atomic E-state index is 14.6. The number of alkyl halides is 3. The number of hydrogen-bond acceptors (Lipinski definition) is 11. The third-order valence-electron chi connectivity index (χ3n) is 12.4. The van der Waals surface area contributed by atoms with Crippen LogP contribution >= 0.6 is 11.3 Å². The van der Waals surface area contributed by atoms with Crippen LogP contribution in [0.25, 0.3) is 33.4 Å². The third kappa shape index (κ3) is 13.1. The van der Waals surface area contributed by atoms with Gasteiger partial charge in [-0.25, -0.2) is 15.2 Å². The van der Waals surface area contributed by atoms with Gasteiger partial charge < -0.3 is 38.9 Å². The van der Waals surface area contributed by atoms with E-state index >= 15 is 0 Å². The van der Waals surface area contributed by atoms with Gasteiger partial charge in [0.05, 0.1) is 34.8 Å². The minimum atomic E-state index is -4.55. The maximum atomic E-state index is 14.6. The second-order valence-electron chi connectivity index (χ2n) is 18.4. The largest absolute Gasteiger partial charge is 0.406 e. The highest BCUT2D eigenvalue weighted by Crippen LogP contribution is 2.43. The minimum Gasteiger partial charge on any atom is -0.384 e. The van der Waals surface area contributed by atoms with Crippen LogP contribution in [0.15, 0.2) is 54.6 Å². The molecule has 16 nitrogen and oxygen atoms in total. The first-order valence-corrected chi connectivity index (χ1v) is 23.9. The lowest BCUT2D eigenvalue weighted by atomic mass is 9.84. The van der Waals surface area contributed by atoms with Crippen molar-refractivity contribution in [3.63, 3.8) is 0 Å². The van der Waals surface area contributed by atoms with Crippen LogP contribution in [0.1, 0.15) is 69.8 Å². The van der Waals surface area contributed by atoms with Gasteiger partial charge in [-0.15, -0.1) is 11.3 Å². The number of fused-ring (bicyclic) bond motifs is 1. The average Bonchev–Trinajstić information content (AvgIpc) is 3.91. The number of carbonyl (C=O) groups excluding carboxylic acids is 5. The van der Waals surface area contributed by atoms with Gasteiger partial charge in [0.1, 0.15) is 25.4 Å². The average molecular weight is 982 g/mol. The molecule has 2 fully saturated rings. The van der Waals surface area contributed by atoms with E-state index in [2.05, 4.69) is 22.3 Å². The summed E-state index contributed by atoms with van der Waals surface area (Å²) in [7, 11) is 4.70. The zero-order valence-electron chi connectivity index (χ0n) is 40.9. The fourth-order valence-electron chi connectivity index (χ4n) is 9.14. The van der Waals surface area contributed by atoms with Crippen LogP contribution in [0, 0.1) is 11.3 Å². The molecule has 4 aromatic rings. The standard InChI is InChI=1S/C48H64F3N9O6S.CH2O/c1-10-40(61)57-20-22-58(23-21-57)46(64)56(7)42(30(2)3)44(62)55-36(45(63)60-19-12-11-18-53-60)25-39-54-37(27-67-39)32-15-16-38-34(24-32)35(26-47(5,6)29-65-8)43(59(38)28-48(49,50)51)33-14-13-17-52-41(33)31(4)66-9;1-2/h10,13-17,24,27,30-31,36,42,53H,1,11-12,18-23,25-26,28-29H2,2-9H3,(H,55,62);1H2. The number of nitrogens with one attached hydrogen (secondary N) is 2. The molecule has 5 heterocycles. The van der Waals surface area contributed by atoms with Crippen molar-refractivity contribution >= 4 is 52.8 Å². The van der Waals surface area contributed by atoms with Crippen molar-refractivity contribution < 1.29 is 46.6 Å². The number of hydrogen-bond donors (Lipinski definition) is 2. The Balaban J connectivity index is 0.00000438. The van der Waals surface area contributed by atoms with Crippen LogP contribution < -0.4 is 10.7 Å². The molecule has 0 radical (unpaired) electrons. The van der Waals surface area contributed by atoms with E-state index in [-0.39, 0.29) is 30.2 Å². The molecule has 2 aliphatic rings. The monoisotopic (exact) mass is 981 g/mol. The van der Waals surface area contributed by atoms with Gasteiger partial charge in [0.2, 0.25) is 11.8 Å². The minimum absolute atomic E-state index is 0.0431. The number of pyridine rings is 1. The van der Waals surface area contributed by atoms with Crippen molar-refractivity contribution in [1.82, 2.24) is 45.0 Å². The van der Waals surface area contributed by atoms with Gasteiger partial charge in [0.15, 0.2) is 0 Å². The Morgan fingerprint density at radius 1 is 1.01 bits per heavy atom. The summed E-state index contributed by atoms with van der Waals surface area (Å²) >= 11 is 1.31. The number of amides is 5. The molecule has 6 rings (SSSR count). The van der Waals surface area contributed by atoms with Crippen molar-refractivity contribution in [2.45, 2.75) is 91.2 Å². The predicted molar refractivity (Wildman–Crippen MR) is 259 cm³/mol. The molecule has 0 spiro atoms. The number of aromatic nitrogens is 3. The van der Waals surface area contributed by atoms with E-state index in [0.29, 0.717) is 102 Å². The number of hydrazine groups is 1. The molecule has 0 bridgehead atoms. The normalized spacial score (nSPS) is 15.9. The summed E-state index contributed by atoms with van der Waals surface area (Å²) in [4.78, 5) is 76.7. The number of nitrogens with zero attached hydrogens (tertiary/aromatic N) is 7. The molecule has 1 aromatic carbocycles. The summed E-state index contributed by atoms with van der Waals surface area (Å²) in [5, 5.41) is 7.52. The number of piperazine rings is 1. The quantitative estimate of drug-likeness (QED) is 0.109. The maximum Gasteiger partial charge on any atom is 0.406 e. The van der Waals surface area contributed by atoms with Crippen LogP contribution in [0.4, 0.5) is 18.0 Å². The van der Waals surface area contributed by atoms with E-state index < -0.39 is 42.2 Å². The van der Waals surface area contributed by atoms with Gasteiger partial charge in [0, 0.05) is 101 Å². The Hall–Kier alpha value is -5.70. The Kier molecular flexibility index (Phi) is 18.7. The van der Waals surface area contributed by atoms with Gasteiger partial charge in [-0.1, -0.05) is 40.3 Å². The fraction of sp³-hybridized carbons (Fsp3) is 0.531. The Bertz CT molecular complexity index is 2430. The van der Waals surface area contributed by atoms with Crippen molar-refractivity contribution in [3.8, 4) is 22.5 Å². The van der Waals surface area contributed by atoms with Crippen molar-refractivity contribution in [3.05, 3.63) is 70.8 Å². The van der Waals surface area contributed by atoms with Gasteiger partial charge in [-0.3, -0.25) is 24.4 Å². The highest BCUT2D eigenvalue weighted by molar-refractivity contribution is 7.10. The first kappa shape index (κ1) is 54.2. The van der Waals surface area contributed by atoms with Crippen LogP contribution in [-0.4, -0.2) is 150 Å². The lowest BCUT2D eigenvalue weighted by Crippen LogP contribution is -2.61. The lowest BCUT2D eigenvalue weighted by Gasteiger charge is -2.39. The molecule has 20 heteroatoms. The Labute approximate surface area is 406 Å². The highest BCUT2D eigenvalue weighted by Gasteiger charge is 2.38. The summed E-state index contributed by atoms with van der Waals surface area (Å²) in [5.41, 5.74) is 6.43. The molecule has 3 unspecified atom stereocenters. The second-order valence-corrected chi connectivity index (χ2v) is 19.4. The first-order chi connectivity index (χ1) is 32.8. The number of rotatable bonds is 17. The van der Waals surface area contributed by atoms with Crippen molar-refractivity contribution in [2.24, 2.45) is 11.3 Å². The van der Waals surface area contributed by atoms with E-state index in [1.54, 1.807) is 54.4 Å². The Morgan fingerprint density at radius 3 is 2.32 bits per heavy atom. The van der Waals surface area contributed by atoms with Gasteiger partial charge >= 0.3 is 12.2 Å². The first-order valence-electron chi connectivity index (χ1n) is 23.0. The SMILES string of the molecule is C=CC(=O)N1CCN(C(=O)N(C)C(C(=O)NC(Cc2nc(-c3ccc4c(c3)c(CC(C)(C)COC)c(-c3cccnc3C(C)OC)n4CC(F)(F)F)cs2)C(=O)N2CCCCN2)C(C)C)CC1.C=O. The van der Waals surface area contributed by atoms with E-state index in [1.165, 1.54) is 39.0 Å². The third-order valence-corrected chi connectivity index (χ3v) is 13.3. The summed E-state index contributed by atoms with van der Waals surface area (Å²) in [5.74, 6) is -1.37. The number of thiazole rings is 1. The van der Waals surface area contributed by atoms with Crippen LogP contribution in [-0.2, 0) is 48.0 Å². The molecule has 5 amide bonds. The summed E-state index contributed by atoms with van der Waals surface area (Å²) < 4.78 is 56.2. The van der Waals surface area contributed by atoms with Crippen molar-refractivity contribution in [2.75, 3.05) is 67.1 Å². The number of carbonyl (C=O) groups is 5. The smallest absolute Gasteiger partial charge is 0.384 e. The van der Waals surface area contributed by atoms with Crippen LogP contribution in [0.5, 0.6) is 0 Å². The topological polar surface area (TPSA) is 172 Å². The summed E-state index contributed by atoms with van der Waals surface area (Å²) in [6.45, 7) is 16.5. The van der Waals surface area contributed by atoms with Crippen LogP contribution in [0.3, 0.4) is 0 Å². The van der Waals surface area contributed by atoms with Gasteiger partial charge in [0.25, 0.3) is 5.91 Å². The van der Waals surface area contributed by atoms with Gasteiger partial charge in [-0.2, -0.15) is 13.2 Å². The van der Waals surface area contributed by atoms with Gasteiger partial charge in [-0.05, 0) is 73.4 Å². The molecule has 0 aliphatic carbocycles. The summed E-state index contributed by atoms with van der Waals surface area (Å²) in [6.07, 6.45) is -0.115. The second kappa shape index (κ2) is 23.7. The fourth-order valence-corrected chi connectivity index (χ4v) is 9.99. The zero-order chi connectivity index (χ0) is 50.8. The molecular weight excluding hydrogens is 916 g/mol. The molecular formula is C49H66F3N9O7S. The van der Waals surface area contributed by atoms with Crippen LogP contribution in [0.2, 0.25) is 0 Å². The van der Waals surface area contributed by atoms with E-state index in [0.717, 1.165) is 12.8 Å².